The van der Waals surface area contributed by atoms with Crippen LogP contribution in [0.3, 0.4) is 0 Å². The van der Waals surface area contributed by atoms with Crippen LogP contribution in [0.1, 0.15) is 37.0 Å². The maximum Gasteiger partial charge on any atom is 0.317 e. The van der Waals surface area contributed by atoms with E-state index in [2.05, 4.69) is 20.6 Å². The van der Waals surface area contributed by atoms with Crippen LogP contribution in [-0.4, -0.2) is 53.0 Å². The number of aromatic nitrogens is 2. The summed E-state index contributed by atoms with van der Waals surface area (Å²) < 4.78 is 0. The van der Waals surface area contributed by atoms with Gasteiger partial charge in [-0.3, -0.25) is 9.59 Å². The van der Waals surface area contributed by atoms with E-state index in [1.807, 2.05) is 20.8 Å². The van der Waals surface area contributed by atoms with Gasteiger partial charge in [0.1, 0.15) is 11.4 Å². The summed E-state index contributed by atoms with van der Waals surface area (Å²) in [5, 5.41) is 5.30. The highest BCUT2D eigenvalue weighted by molar-refractivity contribution is 5.93. The van der Waals surface area contributed by atoms with Crippen molar-refractivity contribution in [2.24, 2.45) is 0 Å². The minimum absolute atomic E-state index is 0.0288. The van der Waals surface area contributed by atoms with Gasteiger partial charge in [-0.05, 0) is 0 Å². The molecule has 1 aromatic rings. The summed E-state index contributed by atoms with van der Waals surface area (Å²) in [6, 6.07) is -0.136. The molecule has 1 aromatic heterocycles. The highest BCUT2D eigenvalue weighted by atomic mass is 16.2. The Morgan fingerprint density at radius 1 is 1.41 bits per heavy atom. The minimum atomic E-state index is -0.492. The number of nitrogens with one attached hydrogen (secondary N) is 3. The van der Waals surface area contributed by atoms with Crippen molar-refractivity contribution >= 4 is 11.9 Å². The molecule has 0 saturated carbocycles. The highest BCUT2D eigenvalue weighted by Gasteiger charge is 2.21. The molecule has 3 amide bonds. The standard InChI is InChI=1S/C14H21N5O3/c1-14(2,3)12-17-8-9(11(21)18-12)10(20)15-4-6-19-7-5-16-13(19)22/h8H,4-7H2,1-3H3,(H,15,20)(H,16,22)(H,17,18,21). The van der Waals surface area contributed by atoms with Crippen molar-refractivity contribution in [2.45, 2.75) is 26.2 Å². The number of carbonyl (C=O) groups is 2. The van der Waals surface area contributed by atoms with E-state index in [1.165, 1.54) is 6.20 Å². The van der Waals surface area contributed by atoms with Gasteiger partial charge in [-0.2, -0.15) is 0 Å². The van der Waals surface area contributed by atoms with Crippen LogP contribution < -0.4 is 16.2 Å². The molecule has 120 valence electrons. The van der Waals surface area contributed by atoms with Crippen molar-refractivity contribution < 1.29 is 9.59 Å². The van der Waals surface area contributed by atoms with E-state index in [9.17, 15) is 14.4 Å². The lowest BCUT2D eigenvalue weighted by Gasteiger charge is -2.17. The van der Waals surface area contributed by atoms with Crippen LogP contribution in [0.5, 0.6) is 0 Å². The number of aromatic amines is 1. The Labute approximate surface area is 128 Å². The van der Waals surface area contributed by atoms with Crippen LogP contribution in [0.15, 0.2) is 11.0 Å². The van der Waals surface area contributed by atoms with Crippen LogP contribution in [0.25, 0.3) is 0 Å². The first kappa shape index (κ1) is 16.0. The Morgan fingerprint density at radius 3 is 2.68 bits per heavy atom. The summed E-state index contributed by atoms with van der Waals surface area (Å²) in [5.74, 6) is 0.0385. The number of rotatable bonds is 4. The van der Waals surface area contributed by atoms with Gasteiger partial charge in [0.05, 0.1) is 0 Å². The average molecular weight is 307 g/mol. The van der Waals surface area contributed by atoms with Gasteiger partial charge < -0.3 is 20.5 Å². The summed E-state index contributed by atoms with van der Waals surface area (Å²) in [5.41, 5.74) is -0.785. The molecule has 2 rings (SSSR count). The largest absolute Gasteiger partial charge is 0.350 e. The molecule has 0 aliphatic carbocycles. The lowest BCUT2D eigenvalue weighted by Crippen LogP contribution is -2.38. The number of amides is 3. The predicted octanol–water partition coefficient (Wildman–Crippen LogP) is -0.178. The van der Waals surface area contributed by atoms with Crippen LogP contribution in [0.4, 0.5) is 4.79 Å². The van der Waals surface area contributed by atoms with E-state index < -0.39 is 11.5 Å². The fourth-order valence-corrected chi connectivity index (χ4v) is 2.06. The second-order valence-electron chi connectivity index (χ2n) is 6.20. The molecule has 1 fully saturated rings. The van der Waals surface area contributed by atoms with Gasteiger partial charge in [0.15, 0.2) is 0 Å². The van der Waals surface area contributed by atoms with Crippen LogP contribution in [0, 0.1) is 0 Å². The third kappa shape index (κ3) is 3.63. The molecule has 8 heteroatoms. The Morgan fingerprint density at radius 2 is 2.14 bits per heavy atom. The molecular weight excluding hydrogens is 286 g/mol. The summed E-state index contributed by atoms with van der Waals surface area (Å²) in [6.45, 7) is 7.70. The molecule has 0 aromatic carbocycles. The lowest BCUT2D eigenvalue weighted by atomic mass is 9.96. The van der Waals surface area contributed by atoms with E-state index in [0.717, 1.165) is 0 Å². The van der Waals surface area contributed by atoms with E-state index in [-0.39, 0.29) is 23.6 Å². The molecule has 0 spiro atoms. The highest BCUT2D eigenvalue weighted by Crippen LogP contribution is 2.15. The third-order valence-electron chi connectivity index (χ3n) is 3.37. The fraction of sp³-hybridized carbons (Fsp3) is 0.571. The van der Waals surface area contributed by atoms with Crippen LogP contribution in [0.2, 0.25) is 0 Å². The summed E-state index contributed by atoms with van der Waals surface area (Å²) >= 11 is 0. The molecule has 3 N–H and O–H groups in total. The first-order chi connectivity index (χ1) is 10.3. The van der Waals surface area contributed by atoms with Gasteiger partial charge in [-0.1, -0.05) is 20.8 Å². The number of urea groups is 1. The Hall–Kier alpha value is -2.38. The van der Waals surface area contributed by atoms with Gasteiger partial charge in [0, 0.05) is 37.8 Å². The molecule has 0 bridgehead atoms. The van der Waals surface area contributed by atoms with E-state index in [4.69, 9.17) is 0 Å². The fourth-order valence-electron chi connectivity index (χ4n) is 2.06. The van der Waals surface area contributed by atoms with Gasteiger partial charge in [-0.25, -0.2) is 9.78 Å². The average Bonchev–Trinajstić information content (AvgIpc) is 2.83. The van der Waals surface area contributed by atoms with Crippen LogP contribution >= 0.6 is 0 Å². The maximum absolute atomic E-state index is 12.0. The first-order valence-corrected chi connectivity index (χ1v) is 7.20. The normalized spacial score (nSPS) is 14.9. The molecular formula is C14H21N5O3. The number of H-pyrrole nitrogens is 1. The monoisotopic (exact) mass is 307 g/mol. The summed E-state index contributed by atoms with van der Waals surface area (Å²) in [6.07, 6.45) is 1.29. The SMILES string of the molecule is CC(C)(C)c1ncc(C(=O)NCCN2CCNC2=O)c(=O)[nH]1. The number of hydrogen-bond acceptors (Lipinski definition) is 4. The van der Waals surface area contributed by atoms with Gasteiger partial charge in [0.25, 0.3) is 11.5 Å². The number of nitrogens with zero attached hydrogens (tertiary/aromatic N) is 2. The van der Waals surface area contributed by atoms with Crippen molar-refractivity contribution in [3.8, 4) is 0 Å². The zero-order valence-corrected chi connectivity index (χ0v) is 13.0. The summed E-state index contributed by atoms with van der Waals surface area (Å²) in [4.78, 5) is 43.7. The van der Waals surface area contributed by atoms with Crippen molar-refractivity contribution in [1.82, 2.24) is 25.5 Å². The van der Waals surface area contributed by atoms with Gasteiger partial charge in [0.2, 0.25) is 0 Å². The minimum Gasteiger partial charge on any atom is -0.350 e. The Balaban J connectivity index is 1.95. The molecule has 22 heavy (non-hydrogen) atoms. The second-order valence-corrected chi connectivity index (χ2v) is 6.20. The summed E-state index contributed by atoms with van der Waals surface area (Å²) in [7, 11) is 0. The van der Waals surface area contributed by atoms with Crippen molar-refractivity contribution in [1.29, 1.82) is 0 Å². The Kier molecular flexibility index (Phi) is 4.48. The lowest BCUT2D eigenvalue weighted by molar-refractivity contribution is 0.0948. The van der Waals surface area contributed by atoms with E-state index in [1.54, 1.807) is 4.90 Å². The van der Waals surface area contributed by atoms with Crippen molar-refractivity contribution in [3.63, 3.8) is 0 Å². The maximum atomic E-state index is 12.0. The smallest absolute Gasteiger partial charge is 0.317 e. The van der Waals surface area contributed by atoms with Crippen molar-refractivity contribution in [2.75, 3.05) is 26.2 Å². The second kappa shape index (κ2) is 6.17. The molecule has 0 atom stereocenters. The van der Waals surface area contributed by atoms with Crippen molar-refractivity contribution in [3.05, 3.63) is 27.9 Å². The molecule has 1 saturated heterocycles. The zero-order chi connectivity index (χ0) is 16.3. The van der Waals surface area contributed by atoms with E-state index in [0.29, 0.717) is 25.5 Å². The Bertz CT molecular complexity index is 632. The van der Waals surface area contributed by atoms with Crippen LogP contribution in [-0.2, 0) is 5.41 Å². The molecule has 2 heterocycles. The topological polar surface area (TPSA) is 107 Å². The van der Waals surface area contributed by atoms with Gasteiger partial charge >= 0.3 is 6.03 Å². The quantitative estimate of drug-likeness (QED) is 0.717. The zero-order valence-electron chi connectivity index (χ0n) is 13.0. The molecule has 8 nitrogen and oxygen atoms in total. The van der Waals surface area contributed by atoms with E-state index >= 15 is 0 Å². The molecule has 0 unspecified atom stereocenters. The predicted molar refractivity (Wildman–Crippen MR) is 80.9 cm³/mol. The number of hydrogen-bond donors (Lipinski definition) is 3. The molecule has 0 radical (unpaired) electrons. The third-order valence-corrected chi connectivity index (χ3v) is 3.37. The van der Waals surface area contributed by atoms with Gasteiger partial charge in [-0.15, -0.1) is 0 Å². The number of carbonyl (C=O) groups excluding carboxylic acids is 2. The molecule has 1 aliphatic heterocycles. The molecule has 1 aliphatic rings. The first-order valence-electron chi connectivity index (χ1n) is 7.20.